The van der Waals surface area contributed by atoms with Crippen LogP contribution in [0.4, 0.5) is 11.4 Å². The maximum absolute atomic E-state index is 4.67. The predicted octanol–water partition coefficient (Wildman–Crippen LogP) is 9.39. The number of rotatable bonds is 6. The zero-order valence-corrected chi connectivity index (χ0v) is 21.2. The Hall–Kier alpha value is -4.36. The third-order valence-corrected chi connectivity index (χ3v) is 7.65. The first-order valence-electron chi connectivity index (χ1n) is 13.1. The lowest BCUT2D eigenvalue weighted by Crippen LogP contribution is -2.28. The average molecular weight is 478 g/mol. The van der Waals surface area contributed by atoms with Gasteiger partial charge in [-0.2, -0.15) is 0 Å². The second-order valence-electron chi connectivity index (χ2n) is 9.81. The molecule has 2 aliphatic carbocycles. The van der Waals surface area contributed by atoms with Crippen LogP contribution in [0.5, 0.6) is 0 Å². The lowest BCUT2D eigenvalue weighted by atomic mass is 9.67. The van der Waals surface area contributed by atoms with Crippen LogP contribution in [0.2, 0.25) is 0 Å². The van der Waals surface area contributed by atoms with Crippen LogP contribution >= 0.6 is 0 Å². The smallest absolute Gasteiger partial charge is 0.0708 e. The van der Waals surface area contributed by atoms with Crippen molar-refractivity contribution in [2.45, 2.75) is 25.2 Å². The Labute approximate surface area is 220 Å². The topological polar surface area (TPSA) is 12.0 Å². The summed E-state index contributed by atoms with van der Waals surface area (Å²) in [6.45, 7) is 6.70. The number of benzene rings is 4. The monoisotopic (exact) mass is 477 g/mol. The molecule has 0 saturated carbocycles. The zero-order chi connectivity index (χ0) is 25.2. The SMILES string of the molecule is C=C(/C=C\C=C/C)C1(c2ccccc2)c2ccccc2-c2ccc(Nc3ccc4c(c3)C=CCC4)cc21. The second-order valence-corrected chi connectivity index (χ2v) is 9.81. The van der Waals surface area contributed by atoms with E-state index < -0.39 is 5.41 Å². The van der Waals surface area contributed by atoms with Crippen LogP contribution in [0.15, 0.2) is 134 Å². The van der Waals surface area contributed by atoms with E-state index in [9.17, 15) is 0 Å². The van der Waals surface area contributed by atoms with Gasteiger partial charge in [0.1, 0.15) is 0 Å². The van der Waals surface area contributed by atoms with E-state index in [2.05, 4.69) is 133 Å². The maximum Gasteiger partial charge on any atom is 0.0708 e. The number of anilines is 2. The van der Waals surface area contributed by atoms with Gasteiger partial charge in [-0.25, -0.2) is 0 Å². The molecule has 37 heavy (non-hydrogen) atoms. The second kappa shape index (κ2) is 9.59. The third kappa shape index (κ3) is 3.88. The number of hydrogen-bond donors (Lipinski definition) is 1. The van der Waals surface area contributed by atoms with Gasteiger partial charge in [-0.1, -0.05) is 110 Å². The van der Waals surface area contributed by atoms with Gasteiger partial charge < -0.3 is 5.32 Å². The minimum atomic E-state index is -0.471. The summed E-state index contributed by atoms with van der Waals surface area (Å²) in [6.07, 6.45) is 15.1. The van der Waals surface area contributed by atoms with Crippen LogP contribution in [0.25, 0.3) is 17.2 Å². The van der Waals surface area contributed by atoms with Gasteiger partial charge in [0.25, 0.3) is 0 Å². The fourth-order valence-electron chi connectivity index (χ4n) is 5.97. The van der Waals surface area contributed by atoms with Crippen molar-refractivity contribution >= 4 is 17.5 Å². The van der Waals surface area contributed by atoms with Gasteiger partial charge in [0.05, 0.1) is 5.41 Å². The highest BCUT2D eigenvalue weighted by atomic mass is 14.9. The fraction of sp³-hybridized carbons (Fsp3) is 0.111. The Bertz CT molecular complexity index is 1570. The molecule has 0 fully saturated rings. The molecule has 1 N–H and O–H groups in total. The number of nitrogens with one attached hydrogen (secondary N) is 1. The van der Waals surface area contributed by atoms with Gasteiger partial charge in [-0.05, 0) is 88.5 Å². The molecule has 0 saturated heterocycles. The summed E-state index contributed by atoms with van der Waals surface area (Å²) < 4.78 is 0. The van der Waals surface area contributed by atoms with E-state index in [1.807, 2.05) is 13.0 Å². The quantitative estimate of drug-likeness (QED) is 0.273. The third-order valence-electron chi connectivity index (χ3n) is 7.65. The molecule has 1 heteroatoms. The molecular weight excluding hydrogens is 446 g/mol. The maximum atomic E-state index is 4.67. The molecule has 180 valence electrons. The van der Waals surface area contributed by atoms with Gasteiger partial charge in [0.2, 0.25) is 0 Å². The average Bonchev–Trinajstić information content (AvgIpc) is 3.24. The molecule has 1 atom stereocenters. The van der Waals surface area contributed by atoms with Crippen molar-refractivity contribution in [3.8, 4) is 11.1 Å². The van der Waals surface area contributed by atoms with Gasteiger partial charge >= 0.3 is 0 Å². The Morgan fingerprint density at radius 1 is 0.811 bits per heavy atom. The standard InChI is InChI=1S/C36H31N/c1-3-4-6-13-26(2)36(29-16-7-5-8-17-29)34-19-12-11-18-32(34)33-23-22-31(25-35(33)36)37-30-21-20-27-14-9-10-15-28(27)24-30/h3-8,10-13,15-25,37H,2,9,14H2,1H3/b4-3-,13-6-. The first-order chi connectivity index (χ1) is 18.2. The minimum Gasteiger partial charge on any atom is -0.355 e. The van der Waals surface area contributed by atoms with E-state index in [0.717, 1.165) is 29.8 Å². The van der Waals surface area contributed by atoms with E-state index in [-0.39, 0.29) is 0 Å². The predicted molar refractivity (Wildman–Crippen MR) is 158 cm³/mol. The van der Waals surface area contributed by atoms with Crippen molar-refractivity contribution in [1.82, 2.24) is 0 Å². The van der Waals surface area contributed by atoms with Crippen LogP contribution in [0.3, 0.4) is 0 Å². The fourth-order valence-corrected chi connectivity index (χ4v) is 5.97. The van der Waals surface area contributed by atoms with Crippen molar-refractivity contribution in [3.63, 3.8) is 0 Å². The van der Waals surface area contributed by atoms with Crippen molar-refractivity contribution in [2.75, 3.05) is 5.32 Å². The Kier molecular flexibility index (Phi) is 5.98. The van der Waals surface area contributed by atoms with Gasteiger partial charge in [-0.3, -0.25) is 0 Å². The van der Waals surface area contributed by atoms with Crippen LogP contribution < -0.4 is 5.32 Å². The molecule has 1 nitrogen and oxygen atoms in total. The summed E-state index contributed by atoms with van der Waals surface area (Å²) in [6, 6.07) is 33.1. The summed E-state index contributed by atoms with van der Waals surface area (Å²) >= 11 is 0. The molecule has 0 amide bonds. The molecule has 4 aromatic carbocycles. The molecule has 0 aromatic heterocycles. The van der Waals surface area contributed by atoms with Crippen molar-refractivity contribution in [3.05, 3.63) is 161 Å². The van der Waals surface area contributed by atoms with Crippen LogP contribution in [0, 0.1) is 0 Å². The Morgan fingerprint density at radius 2 is 1.57 bits per heavy atom. The summed E-state index contributed by atoms with van der Waals surface area (Å²) in [5.41, 5.74) is 11.8. The molecule has 0 spiro atoms. The summed E-state index contributed by atoms with van der Waals surface area (Å²) in [5.74, 6) is 0. The molecular formula is C36H31N. The molecule has 0 radical (unpaired) electrons. The summed E-state index contributed by atoms with van der Waals surface area (Å²) in [5, 5.41) is 3.70. The highest BCUT2D eigenvalue weighted by molar-refractivity contribution is 5.88. The molecule has 0 bridgehead atoms. The van der Waals surface area contributed by atoms with Crippen LogP contribution in [-0.4, -0.2) is 0 Å². The molecule has 2 aliphatic rings. The van der Waals surface area contributed by atoms with Crippen LogP contribution in [-0.2, 0) is 11.8 Å². The van der Waals surface area contributed by atoms with E-state index in [0.29, 0.717) is 0 Å². The summed E-state index contributed by atoms with van der Waals surface area (Å²) in [4.78, 5) is 0. The number of hydrogen-bond acceptors (Lipinski definition) is 1. The number of fused-ring (bicyclic) bond motifs is 4. The Balaban J connectivity index is 1.52. The molecule has 0 aliphatic heterocycles. The van der Waals surface area contributed by atoms with Gasteiger partial charge in [0.15, 0.2) is 0 Å². The highest BCUT2D eigenvalue weighted by Gasteiger charge is 2.46. The number of allylic oxidation sites excluding steroid dienone is 6. The van der Waals surface area contributed by atoms with Crippen molar-refractivity contribution in [1.29, 1.82) is 0 Å². The number of aryl methyl sites for hydroxylation is 1. The van der Waals surface area contributed by atoms with Crippen LogP contribution in [0.1, 0.15) is 41.2 Å². The summed E-state index contributed by atoms with van der Waals surface area (Å²) in [7, 11) is 0. The highest BCUT2D eigenvalue weighted by Crippen LogP contribution is 2.56. The normalized spacial score (nSPS) is 17.5. The van der Waals surface area contributed by atoms with Crippen molar-refractivity contribution < 1.29 is 0 Å². The lowest BCUT2D eigenvalue weighted by Gasteiger charge is -2.34. The largest absolute Gasteiger partial charge is 0.355 e. The molecule has 1 unspecified atom stereocenters. The molecule has 6 rings (SSSR count). The zero-order valence-electron chi connectivity index (χ0n) is 21.2. The minimum absolute atomic E-state index is 0.471. The van der Waals surface area contributed by atoms with E-state index in [4.69, 9.17) is 0 Å². The first kappa shape index (κ1) is 23.1. The van der Waals surface area contributed by atoms with Gasteiger partial charge in [0, 0.05) is 11.4 Å². The molecule has 4 aromatic rings. The first-order valence-corrected chi connectivity index (χ1v) is 13.1. The van der Waals surface area contributed by atoms with Gasteiger partial charge in [-0.15, -0.1) is 0 Å². The molecule has 0 heterocycles. The Morgan fingerprint density at radius 3 is 2.43 bits per heavy atom. The van der Waals surface area contributed by atoms with E-state index in [1.54, 1.807) is 0 Å². The van der Waals surface area contributed by atoms with E-state index in [1.165, 1.54) is 38.9 Å². The lowest BCUT2D eigenvalue weighted by molar-refractivity contribution is 0.770. The van der Waals surface area contributed by atoms with Crippen molar-refractivity contribution in [2.24, 2.45) is 0 Å². The van der Waals surface area contributed by atoms with E-state index >= 15 is 0 Å².